The van der Waals surface area contributed by atoms with Crippen LogP contribution in [0.5, 0.6) is 0 Å². The monoisotopic (exact) mass is 768 g/mol. The summed E-state index contributed by atoms with van der Waals surface area (Å²) in [6.45, 7) is 23.4. The van der Waals surface area contributed by atoms with E-state index in [1.54, 1.807) is 0 Å². The molecule has 3 aliphatic rings. The van der Waals surface area contributed by atoms with E-state index in [0.717, 1.165) is 0 Å². The molecule has 0 amide bonds. The highest BCUT2D eigenvalue weighted by atomic mass is 35.6. The summed E-state index contributed by atoms with van der Waals surface area (Å²) in [6.07, 6.45) is 0. The quantitative estimate of drug-likeness (QED) is 0.173. The highest BCUT2D eigenvalue weighted by molar-refractivity contribution is 7.17. The predicted octanol–water partition coefficient (Wildman–Crippen LogP) is 5.40. The first-order valence-corrected chi connectivity index (χ1v) is 30.5. The number of rotatable bonds is 12. The number of hydrogen-bond donors (Lipinski definition) is 3. The third-order valence-electron chi connectivity index (χ3n) is 6.70. The summed E-state index contributed by atoms with van der Waals surface area (Å²) in [5.41, 5.74) is 0. The number of fused-ring (bicyclic) bond motifs is 3. The Morgan fingerprint density at radius 3 is 0.705 bits per heavy atom. The van der Waals surface area contributed by atoms with Crippen LogP contribution in [0.25, 0.3) is 0 Å². The lowest BCUT2D eigenvalue weighted by molar-refractivity contribution is 0.0121. The van der Waals surface area contributed by atoms with Gasteiger partial charge in [0, 0.05) is 36.3 Å². The minimum Gasteiger partial charge on any atom is -0.391 e. The molecule has 44 heavy (non-hydrogen) atoms. The molecule has 260 valence electrons. The van der Waals surface area contributed by atoms with Crippen molar-refractivity contribution < 1.29 is 51.4 Å². The van der Waals surface area contributed by atoms with E-state index in [0.29, 0.717) is 0 Å². The Balaban J connectivity index is 2.42. The second-order valence-corrected chi connectivity index (χ2v) is 35.7. The van der Waals surface area contributed by atoms with Gasteiger partial charge in [0.1, 0.15) is 0 Å². The molecule has 4 bridgehead atoms. The van der Waals surface area contributed by atoms with Crippen molar-refractivity contribution in [2.45, 2.75) is 119 Å². The van der Waals surface area contributed by atoms with E-state index >= 15 is 0 Å². The van der Waals surface area contributed by atoms with Gasteiger partial charge in [0.2, 0.25) is 0 Å². The average molecular weight is 770 g/mol. The zero-order chi connectivity index (χ0) is 33.6. The molecule has 0 aromatic heterocycles. The van der Waals surface area contributed by atoms with Crippen LogP contribution in [0, 0.1) is 35.5 Å². The maximum atomic E-state index is 12.4. The normalized spacial score (nSPS) is 41.9. The van der Waals surface area contributed by atoms with Crippen LogP contribution in [-0.2, 0) is 37.0 Å². The van der Waals surface area contributed by atoms with E-state index in [1.807, 2.05) is 83.1 Å². The lowest BCUT2D eigenvalue weighted by atomic mass is 10.3. The smallest absolute Gasteiger partial charge is 0.391 e. The molecule has 0 aromatic carbocycles. The molecular weight excluding hydrogens is 712 g/mol. The Hall–Kier alpha value is 1.33. The molecular formula is C24H57ClO12Si7. The van der Waals surface area contributed by atoms with Crippen molar-refractivity contribution in [3.8, 4) is 0 Å². The van der Waals surface area contributed by atoms with E-state index in [1.165, 1.54) is 0 Å². The predicted molar refractivity (Wildman–Crippen MR) is 180 cm³/mol. The van der Waals surface area contributed by atoms with Crippen molar-refractivity contribution in [2.24, 2.45) is 35.5 Å². The van der Waals surface area contributed by atoms with Crippen LogP contribution < -0.4 is 0 Å². The lowest BCUT2D eigenvalue weighted by Crippen LogP contribution is -2.81. The Morgan fingerprint density at radius 2 is 0.545 bits per heavy atom. The summed E-state index contributed by atoms with van der Waals surface area (Å²) < 4.78 is 60.6. The first kappa shape index (κ1) is 39.8. The van der Waals surface area contributed by atoms with Gasteiger partial charge in [-0.15, -0.1) is 0 Å². The highest BCUT2D eigenvalue weighted by Gasteiger charge is 2.77. The lowest BCUT2D eigenvalue weighted by Gasteiger charge is -2.56. The van der Waals surface area contributed by atoms with Gasteiger partial charge in [0.15, 0.2) is 0 Å². The topological polar surface area (TPSA) is 144 Å². The minimum absolute atomic E-state index is 0.0516. The van der Waals surface area contributed by atoms with Gasteiger partial charge in [-0.3, -0.25) is 0 Å². The summed E-state index contributed by atoms with van der Waals surface area (Å²) in [7, 11) is -29.8. The first-order valence-electron chi connectivity index (χ1n) is 16.0. The molecule has 0 unspecified atom stereocenters. The summed E-state index contributed by atoms with van der Waals surface area (Å²) in [6, 6.07) is 0.976. The van der Waals surface area contributed by atoms with E-state index in [-0.39, 0.29) is 71.8 Å². The van der Waals surface area contributed by atoms with Gasteiger partial charge in [-0.1, -0.05) is 94.2 Å². The van der Waals surface area contributed by atoms with Crippen LogP contribution in [0.15, 0.2) is 0 Å². The van der Waals surface area contributed by atoms with Crippen LogP contribution in [0.2, 0.25) is 36.3 Å². The molecule has 0 spiro atoms. The standard InChI is InChI=1S/C24H57ClO12Si7/c1-19(2)13-38(26)29-41(16-22(7)8)31-39(27,14-20(3)4)33-43(18-24(11)12)34-40(28,15-21(5)6)32-42(30-38,17-23(9)10)36-44(25,35-41)37-43/h19-24,26-28H,13-18H2,1-12H3. The molecule has 3 fully saturated rings. The maximum absolute atomic E-state index is 12.4. The zero-order valence-electron chi connectivity index (χ0n) is 28.6. The fourth-order valence-corrected chi connectivity index (χ4v) is 44.5. The molecule has 0 atom stereocenters. The number of hydrogen-bond acceptors (Lipinski definition) is 12. The van der Waals surface area contributed by atoms with Gasteiger partial charge in [-0.05, 0) is 35.5 Å². The van der Waals surface area contributed by atoms with Crippen molar-refractivity contribution in [3.05, 3.63) is 0 Å². The van der Waals surface area contributed by atoms with Gasteiger partial charge in [0.05, 0.1) is 0 Å². The van der Waals surface area contributed by atoms with Crippen molar-refractivity contribution >= 4 is 72.0 Å². The third-order valence-corrected chi connectivity index (χ3v) is 38.5. The fourth-order valence-electron chi connectivity index (χ4n) is 6.00. The van der Waals surface area contributed by atoms with Crippen molar-refractivity contribution in [1.82, 2.24) is 0 Å². The SMILES string of the molecule is CC(C)C[Si]1(O)O[Si]2(CC(C)C)O[Si](O)(CC(C)C)O[Si]3(CC(C)C)O[Si](O)(CC(C)C)O[Si](CC(C)C)(O1)O[Si](Cl)(O2)O3. The second kappa shape index (κ2) is 14.3. The Morgan fingerprint density at radius 1 is 0.364 bits per heavy atom. The van der Waals surface area contributed by atoms with E-state index in [9.17, 15) is 14.4 Å². The van der Waals surface area contributed by atoms with Crippen LogP contribution in [0.3, 0.4) is 0 Å². The van der Waals surface area contributed by atoms with Crippen LogP contribution in [0.1, 0.15) is 83.1 Å². The highest BCUT2D eigenvalue weighted by Crippen LogP contribution is 2.49. The summed E-state index contributed by atoms with van der Waals surface area (Å²) in [5.74, 6) is -0.336. The summed E-state index contributed by atoms with van der Waals surface area (Å²) >= 11 is 7.38. The number of halogens is 1. The minimum atomic E-state index is -4.43. The van der Waals surface area contributed by atoms with Crippen molar-refractivity contribution in [3.63, 3.8) is 0 Å². The van der Waals surface area contributed by atoms with Crippen LogP contribution in [0.4, 0.5) is 0 Å². The molecule has 3 rings (SSSR count). The van der Waals surface area contributed by atoms with Crippen molar-refractivity contribution in [1.29, 1.82) is 0 Å². The van der Waals surface area contributed by atoms with Crippen LogP contribution in [-0.4, -0.2) is 75.3 Å². The molecule has 3 saturated heterocycles. The second-order valence-electron chi connectivity index (χ2n) is 15.2. The molecule has 3 heterocycles. The molecule has 0 aliphatic carbocycles. The van der Waals surface area contributed by atoms with Crippen molar-refractivity contribution in [2.75, 3.05) is 0 Å². The third kappa shape index (κ3) is 10.7. The van der Waals surface area contributed by atoms with Gasteiger partial charge in [-0.25, -0.2) is 0 Å². The molecule has 0 radical (unpaired) electrons. The van der Waals surface area contributed by atoms with Gasteiger partial charge < -0.3 is 51.4 Å². The Labute approximate surface area is 277 Å². The zero-order valence-corrected chi connectivity index (χ0v) is 36.4. The molecule has 0 saturated carbocycles. The van der Waals surface area contributed by atoms with Crippen LogP contribution >= 0.6 is 11.1 Å². The van der Waals surface area contributed by atoms with Gasteiger partial charge in [-0.2, -0.15) is 0 Å². The first-order chi connectivity index (χ1) is 19.9. The average Bonchev–Trinajstić information content (AvgIpc) is 2.64. The van der Waals surface area contributed by atoms with E-state index in [2.05, 4.69) is 0 Å². The molecule has 3 N–H and O–H groups in total. The molecule has 3 aliphatic heterocycles. The van der Waals surface area contributed by atoms with Gasteiger partial charge in [0.25, 0.3) is 0 Å². The molecule has 20 heteroatoms. The van der Waals surface area contributed by atoms with Gasteiger partial charge >= 0.3 is 60.9 Å². The summed E-state index contributed by atoms with van der Waals surface area (Å²) in [5, 5.41) is 0. The Kier molecular flexibility index (Phi) is 12.9. The fraction of sp³-hybridized carbons (Fsp3) is 1.00. The molecule has 0 aromatic rings. The summed E-state index contributed by atoms with van der Waals surface area (Å²) in [4.78, 5) is 37.2. The largest absolute Gasteiger partial charge is 0.591 e. The maximum Gasteiger partial charge on any atom is 0.591 e. The Bertz CT molecular complexity index is 841. The molecule has 12 nitrogen and oxygen atoms in total. The van der Waals surface area contributed by atoms with E-state index < -0.39 is 60.9 Å². The van der Waals surface area contributed by atoms with E-state index in [4.69, 9.17) is 48.1 Å².